The molecule has 2 unspecified atom stereocenters. The molecule has 3 N–H and O–H groups in total. The molecule has 0 radical (unpaired) electrons. The number of anilines is 2. The predicted octanol–water partition coefficient (Wildman–Crippen LogP) is 6.37. The van der Waals surface area contributed by atoms with Gasteiger partial charge in [-0.1, -0.05) is 29.8 Å². The van der Waals surface area contributed by atoms with Crippen molar-refractivity contribution in [1.29, 1.82) is 0 Å². The van der Waals surface area contributed by atoms with Gasteiger partial charge in [-0.2, -0.15) is 0 Å². The molecule has 344 valence electrons. The summed E-state index contributed by atoms with van der Waals surface area (Å²) in [6, 6.07) is 18.7. The lowest BCUT2D eigenvalue weighted by Gasteiger charge is -2.24. The largest absolute Gasteiger partial charge is 0.491 e. The van der Waals surface area contributed by atoms with E-state index in [0.29, 0.717) is 97.5 Å². The normalized spacial score (nSPS) is 15.7. The van der Waals surface area contributed by atoms with Gasteiger partial charge in [0.1, 0.15) is 41.1 Å². The maximum absolute atomic E-state index is 13.6. The van der Waals surface area contributed by atoms with Crippen LogP contribution in [0.3, 0.4) is 0 Å². The Morgan fingerprint density at radius 3 is 2.30 bits per heavy atom. The molecule has 5 heterocycles. The van der Waals surface area contributed by atoms with Crippen molar-refractivity contribution in [2.75, 3.05) is 63.4 Å². The zero-order chi connectivity index (χ0) is 46.3. The number of halogens is 1. The van der Waals surface area contributed by atoms with Gasteiger partial charge < -0.3 is 29.6 Å². The Bertz CT molecular complexity index is 2840. The number of rotatable bonds is 19. The monoisotopic (exact) mass is 935 g/mol. The summed E-state index contributed by atoms with van der Waals surface area (Å²) in [6.45, 7) is 10.8. The molecule has 0 spiro atoms. The third-order valence-corrected chi connectivity index (χ3v) is 12.7. The minimum atomic E-state index is -0.797. The molecular formula is C47H50ClN9O8S. The average Bonchev–Trinajstić information content (AvgIpc) is 3.77. The first-order valence-electron chi connectivity index (χ1n) is 21.7. The number of benzene rings is 3. The van der Waals surface area contributed by atoms with Gasteiger partial charge in [0.2, 0.25) is 17.7 Å². The molecule has 2 aliphatic heterocycles. The average molecular weight is 936 g/mol. The van der Waals surface area contributed by atoms with Crippen LogP contribution in [0.15, 0.2) is 76.5 Å². The van der Waals surface area contributed by atoms with Crippen LogP contribution < -0.4 is 26.2 Å². The van der Waals surface area contributed by atoms with E-state index < -0.39 is 18.0 Å². The minimum absolute atomic E-state index is 0.0554. The standard InChI is InChI=1S/C47H50ClN9O8S/c1-27-28(2)66-47-41(27)43(31-8-10-32(48)11-9-31)52-37(44-55-54-30(4)57(44)47)26-40(59)51-33-12-14-34(15-13-33)65-25-24-64-23-22-63-21-20-62-19-18-49-35-6-5-7-36-42(35)46(61)56(29(3)50-36)38-16-17-39(58)53-45(38)60/h5-15,37-38,49H,16-26H2,1-4H3,(H,51,59)(H,53,58,60). The van der Waals surface area contributed by atoms with Crippen molar-refractivity contribution >= 4 is 68.6 Å². The van der Waals surface area contributed by atoms with Crippen molar-refractivity contribution < 1.29 is 33.3 Å². The number of carbonyl (C=O) groups is 3. The van der Waals surface area contributed by atoms with Crippen LogP contribution in [0.5, 0.6) is 5.75 Å². The number of ether oxygens (including phenoxy) is 4. The Kier molecular flexibility index (Phi) is 14.6. The lowest BCUT2D eigenvalue weighted by atomic mass is 9.99. The summed E-state index contributed by atoms with van der Waals surface area (Å²) in [5, 5.41) is 19.4. The van der Waals surface area contributed by atoms with Crippen molar-refractivity contribution in [3.05, 3.63) is 121 Å². The van der Waals surface area contributed by atoms with Crippen molar-refractivity contribution in [2.24, 2.45) is 4.99 Å². The summed E-state index contributed by atoms with van der Waals surface area (Å²) < 4.78 is 26.2. The third-order valence-electron chi connectivity index (χ3n) is 11.3. The van der Waals surface area contributed by atoms with Gasteiger partial charge in [0.05, 0.1) is 62.7 Å². The summed E-state index contributed by atoms with van der Waals surface area (Å²) in [4.78, 5) is 62.3. The number of nitrogens with one attached hydrogen (secondary N) is 3. The van der Waals surface area contributed by atoms with Gasteiger partial charge >= 0.3 is 0 Å². The molecule has 0 saturated carbocycles. The van der Waals surface area contributed by atoms with Crippen LogP contribution in [0.2, 0.25) is 5.02 Å². The second-order valence-electron chi connectivity index (χ2n) is 15.8. The molecule has 1 fully saturated rings. The smallest absolute Gasteiger partial charge is 0.264 e. The Balaban J connectivity index is 0.728. The molecule has 2 aliphatic rings. The Morgan fingerprint density at radius 2 is 1.58 bits per heavy atom. The van der Waals surface area contributed by atoms with Gasteiger partial charge in [0.25, 0.3) is 5.56 Å². The van der Waals surface area contributed by atoms with Crippen LogP contribution in [0.25, 0.3) is 15.9 Å². The first-order chi connectivity index (χ1) is 32.0. The van der Waals surface area contributed by atoms with Gasteiger partial charge in [-0.05, 0) is 88.2 Å². The Labute approximate surface area is 389 Å². The first-order valence-corrected chi connectivity index (χ1v) is 22.9. The number of fused-ring (bicyclic) bond motifs is 4. The second-order valence-corrected chi connectivity index (χ2v) is 17.4. The maximum Gasteiger partial charge on any atom is 0.264 e. The van der Waals surface area contributed by atoms with Crippen LogP contribution in [-0.4, -0.2) is 101 Å². The van der Waals surface area contributed by atoms with Crippen LogP contribution in [-0.2, 0) is 28.6 Å². The number of aryl methyl sites for hydroxylation is 3. The molecule has 0 aliphatic carbocycles. The number of piperidine rings is 1. The van der Waals surface area contributed by atoms with Gasteiger partial charge in [-0.25, -0.2) is 4.98 Å². The van der Waals surface area contributed by atoms with Gasteiger partial charge in [0, 0.05) is 45.4 Å². The molecule has 3 amide bonds. The maximum atomic E-state index is 13.6. The summed E-state index contributed by atoms with van der Waals surface area (Å²) >= 11 is 7.90. The lowest BCUT2D eigenvalue weighted by molar-refractivity contribution is -0.135. The number of imide groups is 1. The fourth-order valence-corrected chi connectivity index (χ4v) is 9.31. The SMILES string of the molecule is Cc1sc2c(c1C)C(c1ccc(Cl)cc1)=NC(CC(=O)Nc1ccc(OCCOCCOCCOCCNc3cccc4nc(C)n(C5CCC(=O)NC5=O)c(=O)c34)cc1)c1nnc(C)n1-2. The fraction of sp³-hybridized carbons (Fsp3) is 0.362. The number of hydrogen-bond acceptors (Lipinski definition) is 14. The fourth-order valence-electron chi connectivity index (χ4n) is 7.97. The summed E-state index contributed by atoms with van der Waals surface area (Å²) in [5.74, 6) is 1.31. The first kappa shape index (κ1) is 46.2. The Hall–Kier alpha value is -6.31. The van der Waals surface area contributed by atoms with Gasteiger partial charge in [-0.15, -0.1) is 21.5 Å². The number of carbonyl (C=O) groups excluding carboxylic acids is 3. The second kappa shape index (κ2) is 20.9. The zero-order valence-corrected chi connectivity index (χ0v) is 38.6. The zero-order valence-electron chi connectivity index (χ0n) is 37.0. The molecule has 2 atom stereocenters. The van der Waals surface area contributed by atoms with E-state index in [4.69, 9.17) is 35.5 Å². The molecular weight excluding hydrogens is 886 g/mol. The highest BCUT2D eigenvalue weighted by atomic mass is 35.5. The van der Waals surface area contributed by atoms with Crippen molar-refractivity contribution in [3.8, 4) is 10.8 Å². The summed E-state index contributed by atoms with van der Waals surface area (Å²) in [7, 11) is 0. The van der Waals surface area contributed by atoms with E-state index in [2.05, 4.69) is 45.0 Å². The van der Waals surface area contributed by atoms with Crippen molar-refractivity contribution in [3.63, 3.8) is 0 Å². The number of amides is 3. The van der Waals surface area contributed by atoms with E-state index in [0.717, 1.165) is 33.2 Å². The molecule has 3 aromatic heterocycles. The molecule has 8 rings (SSSR count). The number of hydrogen-bond donors (Lipinski definition) is 3. The molecule has 19 heteroatoms. The summed E-state index contributed by atoms with van der Waals surface area (Å²) in [5.41, 5.74) is 5.20. The highest BCUT2D eigenvalue weighted by Crippen LogP contribution is 2.40. The molecule has 1 saturated heterocycles. The topological polar surface area (TPSA) is 202 Å². The molecule has 3 aromatic carbocycles. The molecule has 66 heavy (non-hydrogen) atoms. The van der Waals surface area contributed by atoms with E-state index in [1.54, 1.807) is 54.7 Å². The molecule has 0 bridgehead atoms. The Morgan fingerprint density at radius 1 is 0.864 bits per heavy atom. The van der Waals surface area contributed by atoms with Crippen LogP contribution >= 0.6 is 22.9 Å². The summed E-state index contributed by atoms with van der Waals surface area (Å²) in [6.07, 6.45) is 0.452. The lowest BCUT2D eigenvalue weighted by Crippen LogP contribution is -2.45. The molecule has 17 nitrogen and oxygen atoms in total. The van der Waals surface area contributed by atoms with Gasteiger partial charge in [-0.3, -0.25) is 38.6 Å². The van der Waals surface area contributed by atoms with Crippen LogP contribution in [0.1, 0.15) is 70.4 Å². The van der Waals surface area contributed by atoms with Crippen LogP contribution in [0, 0.1) is 27.7 Å². The minimum Gasteiger partial charge on any atom is -0.491 e. The van der Waals surface area contributed by atoms with E-state index in [1.165, 1.54) is 9.44 Å². The highest BCUT2D eigenvalue weighted by molar-refractivity contribution is 7.15. The van der Waals surface area contributed by atoms with E-state index in [-0.39, 0.29) is 36.6 Å². The van der Waals surface area contributed by atoms with Gasteiger partial charge in [0.15, 0.2) is 5.82 Å². The number of aliphatic imine (C=N–C) groups is 1. The number of nitrogens with zero attached hydrogens (tertiary/aromatic N) is 6. The number of aromatic nitrogens is 5. The van der Waals surface area contributed by atoms with E-state index in [9.17, 15) is 19.2 Å². The van der Waals surface area contributed by atoms with E-state index >= 15 is 0 Å². The van der Waals surface area contributed by atoms with Crippen LogP contribution in [0.4, 0.5) is 11.4 Å². The van der Waals surface area contributed by atoms with Crippen molar-refractivity contribution in [1.82, 2.24) is 29.6 Å². The molecule has 6 aromatic rings. The highest BCUT2D eigenvalue weighted by Gasteiger charge is 2.33. The third kappa shape index (κ3) is 10.4. The van der Waals surface area contributed by atoms with Crippen molar-refractivity contribution in [2.45, 2.75) is 59.0 Å². The quantitative estimate of drug-likeness (QED) is 0.0600. The predicted molar refractivity (Wildman–Crippen MR) is 252 cm³/mol. The van der Waals surface area contributed by atoms with E-state index in [1.807, 2.05) is 41.8 Å². The number of thiophene rings is 1.